The molecule has 0 aromatic heterocycles. The standard InChI is InChI=1S/C26H28N2O3S/c1-17-5-8-23(9-6-17)26(29)28-12-11-22-10-7-21(15-24(22)28)16-27-32(30,31)25-14-19(3)18(2)13-20(25)4/h5-10,13-15,27H,11-12,16H2,1-4H3. The molecule has 4 rings (SSSR count). The average Bonchev–Trinajstić information content (AvgIpc) is 3.18. The van der Waals surface area contributed by atoms with Crippen LogP contribution < -0.4 is 9.62 Å². The minimum atomic E-state index is -3.65. The Bertz CT molecular complexity index is 1300. The molecule has 1 aliphatic heterocycles. The molecule has 0 fully saturated rings. The van der Waals surface area contributed by atoms with Crippen LogP contribution in [0.2, 0.25) is 0 Å². The maximum Gasteiger partial charge on any atom is 0.258 e. The van der Waals surface area contributed by atoms with Gasteiger partial charge < -0.3 is 4.90 Å². The second kappa shape index (κ2) is 8.52. The topological polar surface area (TPSA) is 66.5 Å². The van der Waals surface area contributed by atoms with E-state index >= 15 is 0 Å². The van der Waals surface area contributed by atoms with Crippen molar-refractivity contribution in [3.05, 3.63) is 93.5 Å². The van der Waals surface area contributed by atoms with Crippen LogP contribution in [0, 0.1) is 27.7 Å². The predicted molar refractivity (Wildman–Crippen MR) is 128 cm³/mol. The van der Waals surface area contributed by atoms with Crippen molar-refractivity contribution < 1.29 is 13.2 Å². The number of amides is 1. The zero-order chi connectivity index (χ0) is 23.0. The Morgan fingerprint density at radius 3 is 2.31 bits per heavy atom. The highest BCUT2D eigenvalue weighted by Crippen LogP contribution is 2.31. The van der Waals surface area contributed by atoms with E-state index in [1.54, 1.807) is 11.0 Å². The molecule has 32 heavy (non-hydrogen) atoms. The van der Waals surface area contributed by atoms with Crippen LogP contribution in [0.3, 0.4) is 0 Å². The van der Waals surface area contributed by atoms with Gasteiger partial charge in [-0.1, -0.05) is 35.9 Å². The van der Waals surface area contributed by atoms with Gasteiger partial charge in [-0.15, -0.1) is 0 Å². The van der Waals surface area contributed by atoms with Crippen LogP contribution in [0.4, 0.5) is 5.69 Å². The number of carbonyl (C=O) groups is 1. The molecule has 0 saturated heterocycles. The Morgan fingerprint density at radius 1 is 0.906 bits per heavy atom. The SMILES string of the molecule is Cc1ccc(C(=O)N2CCc3ccc(CNS(=O)(=O)c4cc(C)c(C)cc4C)cc32)cc1. The van der Waals surface area contributed by atoms with Gasteiger partial charge in [0.05, 0.1) is 4.90 Å². The van der Waals surface area contributed by atoms with Crippen molar-refractivity contribution in [3.8, 4) is 0 Å². The number of benzene rings is 3. The van der Waals surface area contributed by atoms with Crippen LogP contribution in [-0.4, -0.2) is 20.9 Å². The molecule has 6 heteroatoms. The van der Waals surface area contributed by atoms with Crippen molar-refractivity contribution in [1.29, 1.82) is 0 Å². The minimum Gasteiger partial charge on any atom is -0.308 e. The fourth-order valence-electron chi connectivity index (χ4n) is 4.08. The number of fused-ring (bicyclic) bond motifs is 1. The lowest BCUT2D eigenvalue weighted by atomic mass is 10.1. The summed E-state index contributed by atoms with van der Waals surface area (Å²) in [6.45, 7) is 8.47. The number of nitrogens with zero attached hydrogens (tertiary/aromatic N) is 1. The summed E-state index contributed by atoms with van der Waals surface area (Å²) in [6, 6.07) is 17.0. The van der Waals surface area contributed by atoms with E-state index in [-0.39, 0.29) is 12.5 Å². The molecule has 0 unspecified atom stereocenters. The molecular weight excluding hydrogens is 420 g/mol. The molecule has 3 aromatic rings. The Hall–Kier alpha value is -2.96. The van der Waals surface area contributed by atoms with Crippen LogP contribution in [0.1, 0.15) is 43.7 Å². The summed E-state index contributed by atoms with van der Waals surface area (Å²) in [5, 5.41) is 0. The van der Waals surface area contributed by atoms with Gasteiger partial charge in [0.25, 0.3) is 5.91 Å². The molecule has 0 radical (unpaired) electrons. The van der Waals surface area contributed by atoms with Crippen LogP contribution in [-0.2, 0) is 23.0 Å². The molecule has 1 heterocycles. The molecule has 1 aliphatic rings. The number of anilines is 1. The molecular formula is C26H28N2O3S. The largest absolute Gasteiger partial charge is 0.308 e. The summed E-state index contributed by atoms with van der Waals surface area (Å²) in [4.78, 5) is 15.1. The second-order valence-corrected chi connectivity index (χ2v) is 10.3. The molecule has 1 N–H and O–H groups in total. The summed E-state index contributed by atoms with van der Waals surface area (Å²) in [5.41, 5.74) is 7.27. The van der Waals surface area contributed by atoms with Crippen LogP contribution in [0.15, 0.2) is 59.5 Å². The van der Waals surface area contributed by atoms with Crippen LogP contribution >= 0.6 is 0 Å². The quantitative estimate of drug-likeness (QED) is 0.620. The lowest BCUT2D eigenvalue weighted by Gasteiger charge is -2.18. The molecule has 0 spiro atoms. The molecule has 0 saturated carbocycles. The number of sulfonamides is 1. The van der Waals surface area contributed by atoms with Gasteiger partial charge in [0.15, 0.2) is 0 Å². The van der Waals surface area contributed by atoms with Gasteiger partial charge in [0.2, 0.25) is 10.0 Å². The number of nitrogens with one attached hydrogen (secondary N) is 1. The number of hydrogen-bond acceptors (Lipinski definition) is 3. The first-order valence-electron chi connectivity index (χ1n) is 10.7. The summed E-state index contributed by atoms with van der Waals surface area (Å²) in [6.07, 6.45) is 0.792. The molecule has 166 valence electrons. The fourth-order valence-corrected chi connectivity index (χ4v) is 5.40. The molecule has 1 amide bonds. The van der Waals surface area contributed by atoms with E-state index in [4.69, 9.17) is 0 Å². The summed E-state index contributed by atoms with van der Waals surface area (Å²) >= 11 is 0. The van der Waals surface area contributed by atoms with Crippen molar-refractivity contribution in [1.82, 2.24) is 4.72 Å². The van der Waals surface area contributed by atoms with Crippen LogP contribution in [0.25, 0.3) is 0 Å². The van der Waals surface area contributed by atoms with Gasteiger partial charge >= 0.3 is 0 Å². The van der Waals surface area contributed by atoms with Crippen molar-refractivity contribution in [2.75, 3.05) is 11.4 Å². The molecule has 0 bridgehead atoms. The Labute approximate surface area is 190 Å². The van der Waals surface area contributed by atoms with Crippen molar-refractivity contribution in [3.63, 3.8) is 0 Å². The zero-order valence-electron chi connectivity index (χ0n) is 18.9. The Kier molecular flexibility index (Phi) is 5.93. The third kappa shape index (κ3) is 4.33. The van der Waals surface area contributed by atoms with Crippen molar-refractivity contribution >= 4 is 21.6 Å². The van der Waals surface area contributed by atoms with E-state index in [0.717, 1.165) is 45.5 Å². The first kappa shape index (κ1) is 22.2. The highest BCUT2D eigenvalue weighted by molar-refractivity contribution is 7.89. The first-order chi connectivity index (χ1) is 15.2. The highest BCUT2D eigenvalue weighted by atomic mass is 32.2. The van der Waals surface area contributed by atoms with Gasteiger partial charge in [-0.25, -0.2) is 13.1 Å². The summed E-state index contributed by atoms with van der Waals surface area (Å²) in [7, 11) is -3.65. The third-order valence-corrected chi connectivity index (χ3v) is 7.68. The monoisotopic (exact) mass is 448 g/mol. The van der Waals surface area contributed by atoms with E-state index in [1.807, 2.05) is 76.2 Å². The lowest BCUT2D eigenvalue weighted by molar-refractivity contribution is 0.0989. The van der Waals surface area contributed by atoms with Crippen molar-refractivity contribution in [2.45, 2.75) is 45.6 Å². The summed E-state index contributed by atoms with van der Waals surface area (Å²) < 4.78 is 28.6. The van der Waals surface area contributed by atoms with E-state index < -0.39 is 10.0 Å². The van der Waals surface area contributed by atoms with E-state index in [2.05, 4.69) is 4.72 Å². The van der Waals surface area contributed by atoms with E-state index in [9.17, 15) is 13.2 Å². The zero-order valence-corrected chi connectivity index (χ0v) is 19.7. The number of aryl methyl sites for hydroxylation is 4. The minimum absolute atomic E-state index is 0.0350. The molecule has 5 nitrogen and oxygen atoms in total. The van der Waals surface area contributed by atoms with E-state index in [1.165, 1.54) is 0 Å². The normalized spacial score (nSPS) is 13.3. The Balaban J connectivity index is 1.55. The Morgan fingerprint density at radius 2 is 1.59 bits per heavy atom. The molecule has 0 aliphatic carbocycles. The van der Waals surface area contributed by atoms with Gasteiger partial charge in [-0.05, 0) is 86.2 Å². The fraction of sp³-hybridized carbons (Fsp3) is 0.269. The second-order valence-electron chi connectivity index (χ2n) is 8.56. The first-order valence-corrected chi connectivity index (χ1v) is 12.2. The van der Waals surface area contributed by atoms with Crippen LogP contribution in [0.5, 0.6) is 0 Å². The number of rotatable bonds is 5. The molecule has 0 atom stereocenters. The van der Waals surface area contributed by atoms with Gasteiger partial charge in [0.1, 0.15) is 0 Å². The highest BCUT2D eigenvalue weighted by Gasteiger charge is 2.26. The van der Waals surface area contributed by atoms with Crippen molar-refractivity contribution in [2.24, 2.45) is 0 Å². The maximum atomic E-state index is 13.0. The third-order valence-electron chi connectivity index (χ3n) is 6.14. The molecule has 3 aromatic carbocycles. The van der Waals surface area contributed by atoms with Gasteiger partial charge in [-0.3, -0.25) is 4.79 Å². The summed E-state index contributed by atoms with van der Waals surface area (Å²) in [5.74, 6) is -0.0350. The number of hydrogen-bond donors (Lipinski definition) is 1. The van der Waals surface area contributed by atoms with E-state index in [0.29, 0.717) is 17.0 Å². The predicted octanol–water partition coefficient (Wildman–Crippen LogP) is 4.60. The number of carbonyl (C=O) groups excluding carboxylic acids is 1. The van der Waals surface area contributed by atoms with Gasteiger partial charge in [0, 0.05) is 24.3 Å². The smallest absolute Gasteiger partial charge is 0.258 e. The maximum absolute atomic E-state index is 13.0. The average molecular weight is 449 g/mol. The van der Waals surface area contributed by atoms with Gasteiger partial charge in [-0.2, -0.15) is 0 Å². The lowest BCUT2D eigenvalue weighted by Crippen LogP contribution is -2.29.